The zero-order valence-electron chi connectivity index (χ0n) is 9.80. The first kappa shape index (κ1) is 10.6. The van der Waals surface area contributed by atoms with Crippen LogP contribution in [0.2, 0.25) is 0 Å². The van der Waals surface area contributed by atoms with E-state index in [1.54, 1.807) is 0 Å². The van der Waals surface area contributed by atoms with E-state index < -0.39 is 0 Å². The highest BCUT2D eigenvalue weighted by atomic mass is 15.0. The number of rotatable bonds is 2. The molecule has 0 unspecified atom stereocenters. The van der Waals surface area contributed by atoms with Crippen LogP contribution in [-0.2, 0) is 0 Å². The van der Waals surface area contributed by atoms with Crippen molar-refractivity contribution in [2.45, 2.75) is 0 Å². The number of aromatic nitrogens is 2. The Morgan fingerprint density at radius 1 is 0.944 bits per heavy atom. The zero-order valence-corrected chi connectivity index (χ0v) is 9.80. The average Bonchev–Trinajstić information content (AvgIpc) is 2.77. The summed E-state index contributed by atoms with van der Waals surface area (Å²) >= 11 is 0. The summed E-state index contributed by atoms with van der Waals surface area (Å²) in [5.41, 5.74) is 9.78. The standard InChI is InChI=1S/C15H13N3/c16-15-17-13-9-8-12(10-14(13)18-15)7-6-11-4-2-1-3-5-11/h1-10H,(H3,16,17,18). The summed E-state index contributed by atoms with van der Waals surface area (Å²) in [6, 6.07) is 16.2. The Morgan fingerprint density at radius 3 is 2.56 bits per heavy atom. The summed E-state index contributed by atoms with van der Waals surface area (Å²) in [7, 11) is 0. The van der Waals surface area contributed by atoms with Crippen LogP contribution in [0.1, 0.15) is 11.1 Å². The smallest absolute Gasteiger partial charge is 0.198 e. The second-order valence-corrected chi connectivity index (χ2v) is 4.14. The van der Waals surface area contributed by atoms with Crippen LogP contribution in [0.5, 0.6) is 0 Å². The summed E-state index contributed by atoms with van der Waals surface area (Å²) in [4.78, 5) is 7.20. The molecule has 0 aliphatic rings. The predicted molar refractivity (Wildman–Crippen MR) is 75.9 cm³/mol. The number of anilines is 1. The van der Waals surface area contributed by atoms with Crippen molar-refractivity contribution in [3.8, 4) is 0 Å². The van der Waals surface area contributed by atoms with Crippen LogP contribution >= 0.6 is 0 Å². The summed E-state index contributed by atoms with van der Waals surface area (Å²) in [6.45, 7) is 0. The van der Waals surface area contributed by atoms with Crippen LogP contribution in [0, 0.1) is 0 Å². The number of nitrogens with two attached hydrogens (primary N) is 1. The summed E-state index contributed by atoms with van der Waals surface area (Å²) < 4.78 is 0. The van der Waals surface area contributed by atoms with Crippen molar-refractivity contribution in [2.24, 2.45) is 0 Å². The normalized spacial score (nSPS) is 11.3. The molecule has 2 aromatic carbocycles. The van der Waals surface area contributed by atoms with Gasteiger partial charge in [-0.3, -0.25) is 0 Å². The number of hydrogen-bond donors (Lipinski definition) is 2. The highest BCUT2D eigenvalue weighted by molar-refractivity contribution is 5.81. The molecule has 0 spiro atoms. The Hall–Kier alpha value is -2.55. The van der Waals surface area contributed by atoms with Gasteiger partial charge in [0.25, 0.3) is 0 Å². The maximum absolute atomic E-state index is 5.62. The van der Waals surface area contributed by atoms with Crippen LogP contribution in [0.4, 0.5) is 5.95 Å². The molecule has 0 fully saturated rings. The van der Waals surface area contributed by atoms with Gasteiger partial charge >= 0.3 is 0 Å². The number of H-pyrrole nitrogens is 1. The summed E-state index contributed by atoms with van der Waals surface area (Å²) in [6.07, 6.45) is 4.16. The quantitative estimate of drug-likeness (QED) is 0.669. The van der Waals surface area contributed by atoms with Gasteiger partial charge in [-0.05, 0) is 23.3 Å². The van der Waals surface area contributed by atoms with Crippen LogP contribution in [-0.4, -0.2) is 9.97 Å². The molecule has 0 atom stereocenters. The molecular weight excluding hydrogens is 222 g/mol. The molecule has 3 nitrogen and oxygen atoms in total. The van der Waals surface area contributed by atoms with Gasteiger partial charge < -0.3 is 10.7 Å². The van der Waals surface area contributed by atoms with E-state index in [2.05, 4.69) is 34.3 Å². The Labute approximate surface area is 105 Å². The van der Waals surface area contributed by atoms with Crippen molar-refractivity contribution in [1.82, 2.24) is 9.97 Å². The van der Waals surface area contributed by atoms with Crippen LogP contribution in [0.15, 0.2) is 48.5 Å². The van der Waals surface area contributed by atoms with Crippen molar-refractivity contribution in [3.63, 3.8) is 0 Å². The molecule has 18 heavy (non-hydrogen) atoms. The van der Waals surface area contributed by atoms with E-state index in [-0.39, 0.29) is 0 Å². The van der Waals surface area contributed by atoms with E-state index in [1.807, 2.05) is 36.4 Å². The van der Waals surface area contributed by atoms with Crippen LogP contribution in [0.25, 0.3) is 23.2 Å². The van der Waals surface area contributed by atoms with Crippen molar-refractivity contribution in [3.05, 3.63) is 59.7 Å². The minimum atomic E-state index is 0.453. The molecule has 3 N–H and O–H groups in total. The lowest BCUT2D eigenvalue weighted by molar-refractivity contribution is 1.35. The molecule has 0 amide bonds. The fraction of sp³-hybridized carbons (Fsp3) is 0. The Bertz CT molecular complexity index is 696. The highest BCUT2D eigenvalue weighted by Gasteiger charge is 1.99. The fourth-order valence-corrected chi connectivity index (χ4v) is 1.91. The van der Waals surface area contributed by atoms with E-state index in [0.717, 1.165) is 16.6 Å². The van der Waals surface area contributed by atoms with E-state index in [0.29, 0.717) is 5.95 Å². The molecule has 0 saturated carbocycles. The van der Waals surface area contributed by atoms with Crippen molar-refractivity contribution >= 4 is 29.1 Å². The van der Waals surface area contributed by atoms with E-state index in [4.69, 9.17) is 5.73 Å². The molecule has 0 aliphatic heterocycles. The maximum atomic E-state index is 5.62. The van der Waals surface area contributed by atoms with Crippen molar-refractivity contribution in [2.75, 3.05) is 5.73 Å². The number of hydrogen-bond acceptors (Lipinski definition) is 2. The average molecular weight is 235 g/mol. The lowest BCUT2D eigenvalue weighted by atomic mass is 10.1. The topological polar surface area (TPSA) is 54.7 Å². The number of benzene rings is 2. The Morgan fingerprint density at radius 2 is 1.72 bits per heavy atom. The Kier molecular flexibility index (Phi) is 2.57. The largest absolute Gasteiger partial charge is 0.369 e. The van der Waals surface area contributed by atoms with E-state index in [1.165, 1.54) is 5.56 Å². The van der Waals surface area contributed by atoms with Gasteiger partial charge in [-0.1, -0.05) is 48.6 Å². The van der Waals surface area contributed by atoms with Gasteiger partial charge in [0.15, 0.2) is 5.95 Å². The number of nitrogens with one attached hydrogen (secondary N) is 1. The first-order valence-electron chi connectivity index (χ1n) is 5.80. The van der Waals surface area contributed by atoms with Crippen LogP contribution < -0.4 is 5.73 Å². The summed E-state index contributed by atoms with van der Waals surface area (Å²) in [5.74, 6) is 0.453. The van der Waals surface area contributed by atoms with Gasteiger partial charge in [-0.15, -0.1) is 0 Å². The van der Waals surface area contributed by atoms with Gasteiger partial charge in [0.05, 0.1) is 11.0 Å². The Balaban J connectivity index is 1.93. The number of imidazole rings is 1. The first-order valence-corrected chi connectivity index (χ1v) is 5.80. The molecule has 1 heterocycles. The SMILES string of the molecule is Nc1nc2ccc(C=Cc3ccccc3)cc2[nH]1. The molecule has 0 bridgehead atoms. The number of fused-ring (bicyclic) bond motifs is 1. The van der Waals surface area contributed by atoms with Crippen LogP contribution in [0.3, 0.4) is 0 Å². The van der Waals surface area contributed by atoms with Crippen molar-refractivity contribution in [1.29, 1.82) is 0 Å². The molecule has 88 valence electrons. The van der Waals surface area contributed by atoms with E-state index in [9.17, 15) is 0 Å². The third-order valence-electron chi connectivity index (χ3n) is 2.79. The number of aromatic amines is 1. The van der Waals surface area contributed by atoms with Gasteiger partial charge in [0.2, 0.25) is 0 Å². The molecule has 3 heteroatoms. The predicted octanol–water partition coefficient (Wildman–Crippen LogP) is 3.32. The van der Waals surface area contributed by atoms with Gasteiger partial charge in [-0.25, -0.2) is 4.98 Å². The zero-order chi connectivity index (χ0) is 12.4. The summed E-state index contributed by atoms with van der Waals surface area (Å²) in [5, 5.41) is 0. The number of nitrogens with zero attached hydrogens (tertiary/aromatic N) is 1. The fourth-order valence-electron chi connectivity index (χ4n) is 1.91. The molecule has 3 aromatic rings. The minimum absolute atomic E-state index is 0.453. The molecule has 1 aromatic heterocycles. The molecule has 0 aliphatic carbocycles. The highest BCUT2D eigenvalue weighted by Crippen LogP contribution is 2.16. The lowest BCUT2D eigenvalue weighted by Crippen LogP contribution is -1.84. The van der Waals surface area contributed by atoms with Gasteiger partial charge in [-0.2, -0.15) is 0 Å². The van der Waals surface area contributed by atoms with Gasteiger partial charge in [0.1, 0.15) is 0 Å². The third kappa shape index (κ3) is 2.11. The minimum Gasteiger partial charge on any atom is -0.369 e. The monoisotopic (exact) mass is 235 g/mol. The molecule has 0 saturated heterocycles. The molecular formula is C15H13N3. The van der Waals surface area contributed by atoms with E-state index >= 15 is 0 Å². The number of nitrogen functional groups attached to an aromatic ring is 1. The second kappa shape index (κ2) is 4.37. The van der Waals surface area contributed by atoms with Crippen molar-refractivity contribution < 1.29 is 0 Å². The molecule has 3 rings (SSSR count). The maximum Gasteiger partial charge on any atom is 0.198 e. The third-order valence-corrected chi connectivity index (χ3v) is 2.79. The lowest BCUT2D eigenvalue weighted by Gasteiger charge is -1.94. The second-order valence-electron chi connectivity index (χ2n) is 4.14. The first-order chi connectivity index (χ1) is 8.81. The van der Waals surface area contributed by atoms with Gasteiger partial charge in [0, 0.05) is 0 Å². The molecule has 0 radical (unpaired) electrons.